The zero-order valence-electron chi connectivity index (χ0n) is 14.9. The highest BCUT2D eigenvalue weighted by molar-refractivity contribution is 7.90. The quantitative estimate of drug-likeness (QED) is 0.826. The van der Waals surface area contributed by atoms with Crippen LogP contribution in [0.4, 0.5) is 5.69 Å². The fraction of sp³-hybridized carbons (Fsp3) is 0.526. The maximum atomic E-state index is 12.0. The lowest BCUT2D eigenvalue weighted by molar-refractivity contribution is 0.323. The lowest BCUT2D eigenvalue weighted by Crippen LogP contribution is -2.41. The Labute approximate surface area is 150 Å². The molecule has 0 amide bonds. The van der Waals surface area contributed by atoms with Crippen LogP contribution >= 0.6 is 0 Å². The summed E-state index contributed by atoms with van der Waals surface area (Å²) in [6.07, 6.45) is 5.74. The SMILES string of the molecule is CC(C)S(=O)(=O)N[C@H]1CC[C@H](CNc2ccc3ncccc3c2)CC1. The molecule has 0 spiro atoms. The third kappa shape index (κ3) is 4.70. The van der Waals surface area contributed by atoms with Gasteiger partial charge in [0, 0.05) is 29.9 Å². The smallest absolute Gasteiger partial charge is 0.214 e. The van der Waals surface area contributed by atoms with Gasteiger partial charge in [-0.1, -0.05) is 6.07 Å². The van der Waals surface area contributed by atoms with Gasteiger partial charge in [-0.05, 0) is 69.7 Å². The molecule has 0 atom stereocenters. The molecular formula is C19H27N3O2S. The van der Waals surface area contributed by atoms with Crippen molar-refractivity contribution in [2.24, 2.45) is 5.92 Å². The molecule has 1 heterocycles. The first-order valence-electron chi connectivity index (χ1n) is 9.04. The molecule has 1 saturated carbocycles. The summed E-state index contributed by atoms with van der Waals surface area (Å²) in [6, 6.07) is 10.3. The van der Waals surface area contributed by atoms with Gasteiger partial charge >= 0.3 is 0 Å². The molecule has 0 radical (unpaired) electrons. The molecule has 1 aliphatic carbocycles. The van der Waals surface area contributed by atoms with E-state index in [0.29, 0.717) is 5.92 Å². The van der Waals surface area contributed by atoms with Crippen molar-refractivity contribution in [2.45, 2.75) is 50.8 Å². The highest BCUT2D eigenvalue weighted by Gasteiger charge is 2.26. The van der Waals surface area contributed by atoms with Gasteiger partial charge in [0.15, 0.2) is 0 Å². The molecule has 3 rings (SSSR count). The molecule has 0 saturated heterocycles. The lowest BCUT2D eigenvalue weighted by Gasteiger charge is -2.29. The Morgan fingerprint density at radius 1 is 1.16 bits per heavy atom. The summed E-state index contributed by atoms with van der Waals surface area (Å²) < 4.78 is 26.8. The van der Waals surface area contributed by atoms with E-state index in [1.165, 1.54) is 0 Å². The first-order valence-corrected chi connectivity index (χ1v) is 10.6. The van der Waals surface area contributed by atoms with Gasteiger partial charge in [0.05, 0.1) is 10.8 Å². The number of rotatable bonds is 6. The van der Waals surface area contributed by atoms with Gasteiger partial charge in [-0.3, -0.25) is 4.98 Å². The van der Waals surface area contributed by atoms with Crippen LogP contribution in [0.2, 0.25) is 0 Å². The molecule has 1 aliphatic rings. The van der Waals surface area contributed by atoms with Crippen LogP contribution < -0.4 is 10.0 Å². The van der Waals surface area contributed by atoms with Crippen LogP contribution in [0.1, 0.15) is 39.5 Å². The highest BCUT2D eigenvalue weighted by atomic mass is 32.2. The summed E-state index contributed by atoms with van der Waals surface area (Å²) in [5.74, 6) is 0.587. The maximum Gasteiger partial charge on any atom is 0.214 e. The van der Waals surface area contributed by atoms with E-state index in [-0.39, 0.29) is 11.3 Å². The number of hydrogen-bond donors (Lipinski definition) is 2. The fourth-order valence-electron chi connectivity index (χ4n) is 3.30. The Bertz CT molecular complexity index is 812. The van der Waals surface area contributed by atoms with Crippen LogP contribution in [-0.4, -0.2) is 31.2 Å². The highest BCUT2D eigenvalue weighted by Crippen LogP contribution is 2.26. The van der Waals surface area contributed by atoms with Crippen LogP contribution in [0.15, 0.2) is 36.5 Å². The topological polar surface area (TPSA) is 71.1 Å². The van der Waals surface area contributed by atoms with Crippen molar-refractivity contribution in [3.8, 4) is 0 Å². The molecule has 1 aromatic heterocycles. The van der Waals surface area contributed by atoms with Crippen LogP contribution in [0.25, 0.3) is 10.9 Å². The van der Waals surface area contributed by atoms with E-state index in [2.05, 4.69) is 33.2 Å². The first-order chi connectivity index (χ1) is 11.9. The number of pyridine rings is 1. The zero-order chi connectivity index (χ0) is 17.9. The number of sulfonamides is 1. The van der Waals surface area contributed by atoms with Gasteiger partial charge in [0.25, 0.3) is 0 Å². The normalized spacial score (nSPS) is 21.6. The number of nitrogens with zero attached hydrogens (tertiary/aromatic N) is 1. The van der Waals surface area contributed by atoms with Gasteiger partial charge < -0.3 is 5.32 Å². The standard InChI is InChI=1S/C19H27N3O2S/c1-14(2)25(23,24)22-17-7-5-15(6-8-17)13-21-18-9-10-19-16(12-18)4-3-11-20-19/h3-4,9-12,14-15,17,21-22H,5-8,13H2,1-2H3/t15-,17-. The minimum Gasteiger partial charge on any atom is -0.385 e. The van der Waals surface area contributed by atoms with Gasteiger partial charge in [0.2, 0.25) is 10.0 Å². The summed E-state index contributed by atoms with van der Waals surface area (Å²) in [6.45, 7) is 4.36. The van der Waals surface area contributed by atoms with Crippen LogP contribution in [0.3, 0.4) is 0 Å². The summed E-state index contributed by atoms with van der Waals surface area (Å²) in [7, 11) is -3.16. The van der Waals surface area contributed by atoms with Crippen molar-refractivity contribution in [2.75, 3.05) is 11.9 Å². The Morgan fingerprint density at radius 2 is 1.92 bits per heavy atom. The second-order valence-electron chi connectivity index (χ2n) is 7.22. The number of benzene rings is 1. The van der Waals surface area contributed by atoms with E-state index >= 15 is 0 Å². The molecule has 1 fully saturated rings. The number of anilines is 1. The van der Waals surface area contributed by atoms with Crippen molar-refractivity contribution < 1.29 is 8.42 Å². The van der Waals surface area contributed by atoms with Crippen molar-refractivity contribution in [3.05, 3.63) is 36.5 Å². The molecule has 136 valence electrons. The maximum absolute atomic E-state index is 12.0. The summed E-state index contributed by atoms with van der Waals surface area (Å²) in [5.41, 5.74) is 2.12. The number of aromatic nitrogens is 1. The molecule has 0 bridgehead atoms. The van der Waals surface area contributed by atoms with Gasteiger partial charge in [-0.15, -0.1) is 0 Å². The van der Waals surface area contributed by atoms with Crippen molar-refractivity contribution in [3.63, 3.8) is 0 Å². The summed E-state index contributed by atoms with van der Waals surface area (Å²) >= 11 is 0. The Hall–Kier alpha value is -1.66. The molecular weight excluding hydrogens is 334 g/mol. The fourth-order valence-corrected chi connectivity index (χ4v) is 4.27. The average Bonchev–Trinajstić information content (AvgIpc) is 2.60. The number of nitrogens with one attached hydrogen (secondary N) is 2. The van der Waals surface area contributed by atoms with E-state index in [0.717, 1.165) is 48.8 Å². The van der Waals surface area contributed by atoms with Gasteiger partial charge in [-0.25, -0.2) is 13.1 Å². The van der Waals surface area contributed by atoms with Crippen LogP contribution in [0, 0.1) is 5.92 Å². The Kier molecular flexibility index (Phi) is 5.59. The van der Waals surface area contributed by atoms with Gasteiger partial charge in [0.1, 0.15) is 0 Å². The van der Waals surface area contributed by atoms with Crippen LogP contribution in [0.5, 0.6) is 0 Å². The van der Waals surface area contributed by atoms with Crippen molar-refractivity contribution >= 4 is 26.6 Å². The predicted octanol–water partition coefficient (Wildman–Crippen LogP) is 3.53. The molecule has 2 aromatic rings. The third-order valence-corrected chi connectivity index (χ3v) is 6.90. The Morgan fingerprint density at radius 3 is 2.64 bits per heavy atom. The minimum absolute atomic E-state index is 0.0930. The lowest BCUT2D eigenvalue weighted by atomic mass is 9.86. The van der Waals surface area contributed by atoms with Crippen LogP contribution in [-0.2, 0) is 10.0 Å². The Balaban J connectivity index is 1.49. The van der Waals surface area contributed by atoms with E-state index in [4.69, 9.17) is 0 Å². The minimum atomic E-state index is -3.16. The molecule has 1 aromatic carbocycles. The third-order valence-electron chi connectivity index (χ3n) is 5.00. The summed E-state index contributed by atoms with van der Waals surface area (Å²) in [4.78, 5) is 4.34. The van der Waals surface area contributed by atoms with E-state index in [9.17, 15) is 8.42 Å². The molecule has 25 heavy (non-hydrogen) atoms. The van der Waals surface area contributed by atoms with E-state index in [1.54, 1.807) is 20.0 Å². The largest absolute Gasteiger partial charge is 0.385 e. The molecule has 0 aliphatic heterocycles. The van der Waals surface area contributed by atoms with E-state index in [1.807, 2.05) is 12.1 Å². The number of hydrogen-bond acceptors (Lipinski definition) is 4. The molecule has 0 unspecified atom stereocenters. The number of fused-ring (bicyclic) bond motifs is 1. The molecule has 2 N–H and O–H groups in total. The summed E-state index contributed by atoms with van der Waals surface area (Å²) in [5, 5.41) is 4.29. The van der Waals surface area contributed by atoms with Gasteiger partial charge in [-0.2, -0.15) is 0 Å². The molecule has 5 nitrogen and oxygen atoms in total. The average molecular weight is 362 g/mol. The molecule has 6 heteroatoms. The second-order valence-corrected chi connectivity index (χ2v) is 9.49. The first kappa shape index (κ1) is 18.1. The predicted molar refractivity (Wildman–Crippen MR) is 103 cm³/mol. The monoisotopic (exact) mass is 361 g/mol. The van der Waals surface area contributed by atoms with E-state index < -0.39 is 10.0 Å². The van der Waals surface area contributed by atoms with Crippen molar-refractivity contribution in [1.82, 2.24) is 9.71 Å². The zero-order valence-corrected chi connectivity index (χ0v) is 15.7. The second kappa shape index (κ2) is 7.70. The van der Waals surface area contributed by atoms with Crippen molar-refractivity contribution in [1.29, 1.82) is 0 Å².